The van der Waals surface area contributed by atoms with Crippen LogP contribution < -0.4 is 0 Å². The summed E-state index contributed by atoms with van der Waals surface area (Å²) in [6.45, 7) is 0. The van der Waals surface area contributed by atoms with Gasteiger partial charge in [-0.3, -0.25) is 0 Å². The van der Waals surface area contributed by atoms with Gasteiger partial charge in [-0.2, -0.15) is 0 Å². The van der Waals surface area contributed by atoms with Crippen molar-refractivity contribution >= 4 is 135 Å². The van der Waals surface area contributed by atoms with Crippen LogP contribution in [0.15, 0.2) is 0 Å². The Morgan fingerprint density at radius 2 is 0.714 bits per heavy atom. The zero-order valence-corrected chi connectivity index (χ0v) is 18.5. The summed E-state index contributed by atoms with van der Waals surface area (Å²) in [5, 5.41) is 0. The predicted octanol–water partition coefficient (Wildman–Crippen LogP) is 0.658. The van der Waals surface area contributed by atoms with E-state index in [2.05, 4.69) is 70.0 Å². The maximum atomic E-state index is 5.12. The molecule has 0 aliphatic heterocycles. The lowest BCUT2D eigenvalue weighted by atomic mass is 30.2. The predicted molar refractivity (Wildman–Crippen MR) is 121 cm³/mol. The first-order chi connectivity index (χ1) is 6.29. The SMILES string of the molecule is S=[SH](/S)=[SH](/S)=[SH](\S)=[SH](/S)=[SH](\S)=[SH](=S)\S. The Morgan fingerprint density at radius 1 is 0.500 bits per heavy atom. The lowest BCUT2D eigenvalue weighted by Crippen LogP contribution is -1.73. The number of hydrogen-bond acceptors (Lipinski definition) is 2. The highest BCUT2D eigenvalue weighted by molar-refractivity contribution is 9.28. The molecule has 0 amide bonds. The lowest BCUT2D eigenvalue weighted by Gasteiger charge is -1.96. The van der Waals surface area contributed by atoms with Crippen LogP contribution in [0.1, 0.15) is 0 Å². The Kier molecular flexibility index (Phi) is 12.7. The maximum absolute atomic E-state index is 5.12. The molecule has 14 heavy (non-hydrogen) atoms. The molecule has 6 atom stereocenters. The molecule has 6 unspecified atom stereocenters. The van der Waals surface area contributed by atoms with Gasteiger partial charge in [-0.25, -0.2) is 0 Å². The molecule has 0 aliphatic carbocycles. The third-order valence-corrected chi connectivity index (χ3v) is 63.7. The van der Waals surface area contributed by atoms with Crippen LogP contribution >= 0.6 is 70.0 Å². The molecule has 0 nitrogen and oxygen atoms in total. The molecule has 0 aliphatic rings. The monoisotopic (exact) mass is 460 g/mol. The molecular weight excluding hydrogens is 449 g/mol. The second-order valence-electron chi connectivity index (χ2n) is 1.58. The van der Waals surface area contributed by atoms with Crippen LogP contribution in [0.2, 0.25) is 0 Å². The van der Waals surface area contributed by atoms with Gasteiger partial charge in [0.1, 0.15) is 0 Å². The minimum atomic E-state index is -0.726. The fourth-order valence-electron chi connectivity index (χ4n) is 0.280. The Morgan fingerprint density at radius 3 is 0.857 bits per heavy atom. The van der Waals surface area contributed by atoms with E-state index in [0.29, 0.717) is 0 Å². The molecule has 0 saturated carbocycles. The standard InChI is InChI=1S/H12S14/c1-9(2)11(5)13(7)14(8)12(6)10(3)4/h5-14H,(H,1,2)(H,3,4). The van der Waals surface area contributed by atoms with Gasteiger partial charge >= 0.3 is 0 Å². The minimum absolute atomic E-state index is 0.561. The molecule has 0 spiro atoms. The Labute approximate surface area is 132 Å². The summed E-state index contributed by atoms with van der Waals surface area (Å²) in [5.74, 6) is 0. The van der Waals surface area contributed by atoms with Crippen molar-refractivity contribution in [2.24, 2.45) is 0 Å². The van der Waals surface area contributed by atoms with Crippen molar-refractivity contribution in [1.29, 1.82) is 0 Å². The zero-order chi connectivity index (χ0) is 11.5. The molecular formula is H12S14. The van der Waals surface area contributed by atoms with Gasteiger partial charge < -0.3 is 0 Å². The van der Waals surface area contributed by atoms with E-state index in [1.54, 1.807) is 0 Å². The van der Waals surface area contributed by atoms with Crippen molar-refractivity contribution in [3.8, 4) is 0 Å². The zero-order valence-electron chi connectivity index (χ0n) is 6.18. The summed E-state index contributed by atoms with van der Waals surface area (Å²) in [6.07, 6.45) is 0. The van der Waals surface area contributed by atoms with Crippen molar-refractivity contribution in [2.75, 3.05) is 0 Å². The average Bonchev–Trinajstić information content (AvgIpc) is 2.12. The van der Waals surface area contributed by atoms with E-state index in [1.165, 1.54) is 0 Å². The third kappa shape index (κ3) is 6.70. The molecule has 0 heterocycles. The van der Waals surface area contributed by atoms with Crippen LogP contribution in [0.5, 0.6) is 0 Å². The van der Waals surface area contributed by atoms with Crippen LogP contribution in [-0.2, 0) is 64.6 Å². The summed E-state index contributed by atoms with van der Waals surface area (Å²) < 4.78 is 0. The Bertz CT molecular complexity index is 510. The summed E-state index contributed by atoms with van der Waals surface area (Å²) in [5.41, 5.74) is 0. The molecule has 0 saturated heterocycles. The molecule has 0 N–H and O–H groups in total. The molecule has 96 valence electrons. The van der Waals surface area contributed by atoms with Gasteiger partial charge in [-0.05, 0) is 22.4 Å². The van der Waals surface area contributed by atoms with Crippen molar-refractivity contribution in [3.63, 3.8) is 0 Å². The summed E-state index contributed by atoms with van der Waals surface area (Å²) >= 11 is 36.8. The van der Waals surface area contributed by atoms with E-state index >= 15 is 0 Å². The Hall–Kier alpha value is 4.64. The highest BCUT2D eigenvalue weighted by Crippen LogP contribution is 2.04. The second kappa shape index (κ2) is 9.53. The smallest absolute Gasteiger partial charge is 0.0442 e. The topological polar surface area (TPSA) is 0 Å². The normalized spacial score (nSPS) is 24.7. The largest absolute Gasteiger partial charge is 0.115 e. The van der Waals surface area contributed by atoms with Crippen molar-refractivity contribution in [1.82, 2.24) is 0 Å². The van der Waals surface area contributed by atoms with Crippen LogP contribution in [0.4, 0.5) is 0 Å². The van der Waals surface area contributed by atoms with Crippen LogP contribution in [0, 0.1) is 0 Å². The minimum Gasteiger partial charge on any atom is -0.115 e. The molecule has 0 fully saturated rings. The van der Waals surface area contributed by atoms with E-state index in [0.717, 1.165) is 0 Å². The molecule has 0 radical (unpaired) electrons. The lowest BCUT2D eigenvalue weighted by molar-refractivity contribution is 5.56. The van der Waals surface area contributed by atoms with Gasteiger partial charge in [-0.15, -0.1) is 98.1 Å². The van der Waals surface area contributed by atoms with E-state index < -0.39 is 42.3 Å². The van der Waals surface area contributed by atoms with Crippen LogP contribution in [-0.4, -0.2) is 0 Å². The highest BCUT2D eigenvalue weighted by atomic mass is 33.9. The van der Waals surface area contributed by atoms with Gasteiger partial charge in [0.15, 0.2) is 0 Å². The number of thiol groups is 12. The average molecular weight is 461 g/mol. The van der Waals surface area contributed by atoms with E-state index in [1.807, 2.05) is 0 Å². The van der Waals surface area contributed by atoms with Crippen LogP contribution in [0.3, 0.4) is 0 Å². The van der Waals surface area contributed by atoms with Gasteiger partial charge in [0.05, 0.1) is 0 Å². The first-order valence-electron chi connectivity index (χ1n) is 2.57. The van der Waals surface area contributed by atoms with Crippen molar-refractivity contribution in [3.05, 3.63) is 0 Å². The van der Waals surface area contributed by atoms with E-state index in [9.17, 15) is 0 Å². The molecule has 0 bridgehead atoms. The first-order valence-corrected chi connectivity index (χ1v) is 23.1. The quantitative estimate of drug-likeness (QED) is 0.190. The fourth-order valence-corrected chi connectivity index (χ4v) is 68.0. The number of hydrogen-bond donors (Lipinski definition) is 12. The first kappa shape index (κ1) is 18.6. The molecule has 0 rings (SSSR count). The summed E-state index contributed by atoms with van der Waals surface area (Å²) in [7, 11) is -3.73. The number of rotatable bonds is 0. The molecule has 0 aromatic heterocycles. The highest BCUT2D eigenvalue weighted by Gasteiger charge is 1.75. The van der Waals surface area contributed by atoms with Gasteiger partial charge in [0.2, 0.25) is 0 Å². The van der Waals surface area contributed by atoms with Gasteiger partial charge in [-0.1, -0.05) is 14.1 Å². The fraction of sp³-hybridized carbons (Fsp3) is 0. The van der Waals surface area contributed by atoms with E-state index in [-0.39, 0.29) is 0 Å². The molecule has 0 aromatic carbocycles. The van der Waals surface area contributed by atoms with Crippen LogP contribution in [0.25, 0.3) is 0 Å². The third-order valence-electron chi connectivity index (χ3n) is 0.786. The van der Waals surface area contributed by atoms with Gasteiger partial charge in [0.25, 0.3) is 0 Å². The summed E-state index contributed by atoms with van der Waals surface area (Å²) in [4.78, 5) is 0. The van der Waals surface area contributed by atoms with Crippen molar-refractivity contribution < 1.29 is 0 Å². The summed E-state index contributed by atoms with van der Waals surface area (Å²) in [6, 6.07) is 0. The van der Waals surface area contributed by atoms with Gasteiger partial charge in [0, 0.05) is 0 Å². The second-order valence-corrected chi connectivity index (χ2v) is 42.6. The Balaban J connectivity index is 7.12. The molecule has 14 heteroatoms. The van der Waals surface area contributed by atoms with E-state index in [4.69, 9.17) is 22.4 Å². The maximum Gasteiger partial charge on any atom is -0.0442 e. The van der Waals surface area contributed by atoms with Crippen molar-refractivity contribution in [2.45, 2.75) is 0 Å². The molecule has 0 aromatic rings.